The van der Waals surface area contributed by atoms with Crippen LogP contribution in [0, 0.1) is 11.2 Å². The van der Waals surface area contributed by atoms with Crippen LogP contribution in [0.15, 0.2) is 24.3 Å². The summed E-state index contributed by atoms with van der Waals surface area (Å²) in [6, 6.07) is 6.29. The highest BCUT2D eigenvalue weighted by Crippen LogP contribution is 2.49. The van der Waals surface area contributed by atoms with Crippen molar-refractivity contribution in [2.24, 2.45) is 5.41 Å². The first-order valence-corrected chi connectivity index (χ1v) is 9.17. The van der Waals surface area contributed by atoms with Crippen LogP contribution in [0.3, 0.4) is 0 Å². The van der Waals surface area contributed by atoms with Gasteiger partial charge in [-0.1, -0.05) is 6.42 Å². The van der Waals surface area contributed by atoms with Crippen LogP contribution in [-0.4, -0.2) is 35.8 Å². The third kappa shape index (κ3) is 4.07. The molecule has 0 radical (unpaired) electrons. The van der Waals surface area contributed by atoms with Gasteiger partial charge in [0.25, 0.3) is 0 Å². The molecule has 1 unspecified atom stereocenters. The Kier molecular flexibility index (Phi) is 4.94. The lowest BCUT2D eigenvalue weighted by Crippen LogP contribution is -2.54. The molecule has 0 bridgehead atoms. The Morgan fingerprint density at radius 3 is 2.48 bits per heavy atom. The number of hydrogen-bond donors (Lipinski definition) is 0. The highest BCUT2D eigenvalue weighted by Gasteiger charge is 2.50. The highest BCUT2D eigenvalue weighted by atomic mass is 19.1. The van der Waals surface area contributed by atoms with E-state index in [4.69, 9.17) is 9.47 Å². The van der Waals surface area contributed by atoms with Crippen molar-refractivity contribution in [3.63, 3.8) is 0 Å². The number of nitrogens with zero attached hydrogens (tertiary/aromatic N) is 1. The molecule has 0 spiro atoms. The molecule has 3 rings (SSSR count). The Morgan fingerprint density at radius 1 is 1.24 bits per heavy atom. The van der Waals surface area contributed by atoms with Gasteiger partial charge in [0.2, 0.25) is 0 Å². The van der Waals surface area contributed by atoms with Crippen LogP contribution in [0.25, 0.3) is 0 Å². The third-order valence-corrected chi connectivity index (χ3v) is 5.28. The lowest BCUT2D eigenvalue weighted by atomic mass is 9.64. The topological polar surface area (TPSA) is 38.8 Å². The molecule has 0 aromatic heterocycles. The fourth-order valence-electron chi connectivity index (χ4n) is 3.91. The summed E-state index contributed by atoms with van der Waals surface area (Å²) in [5, 5.41) is 0. The van der Waals surface area contributed by atoms with Crippen molar-refractivity contribution in [1.29, 1.82) is 0 Å². The minimum absolute atomic E-state index is 0.0121. The zero-order valence-electron chi connectivity index (χ0n) is 15.4. The Balaban J connectivity index is 1.68. The van der Waals surface area contributed by atoms with Crippen molar-refractivity contribution >= 4 is 6.09 Å². The fourth-order valence-corrected chi connectivity index (χ4v) is 3.91. The number of rotatable bonds is 4. The summed E-state index contributed by atoms with van der Waals surface area (Å²) < 4.78 is 24.6. The predicted molar refractivity (Wildman–Crippen MR) is 94.1 cm³/mol. The minimum Gasteiger partial charge on any atom is -0.493 e. The zero-order chi connectivity index (χ0) is 18.1. The molecule has 1 saturated heterocycles. The van der Waals surface area contributed by atoms with Gasteiger partial charge < -0.3 is 14.4 Å². The summed E-state index contributed by atoms with van der Waals surface area (Å²) in [5.74, 6) is 0.409. The summed E-state index contributed by atoms with van der Waals surface area (Å²) in [6.07, 6.45) is 5.04. The van der Waals surface area contributed by atoms with Gasteiger partial charge in [0, 0.05) is 18.0 Å². The van der Waals surface area contributed by atoms with E-state index in [1.165, 1.54) is 12.1 Å². The van der Waals surface area contributed by atoms with Crippen LogP contribution < -0.4 is 4.74 Å². The van der Waals surface area contributed by atoms with Crippen LogP contribution in [-0.2, 0) is 4.74 Å². The largest absolute Gasteiger partial charge is 0.493 e. The number of benzene rings is 1. The van der Waals surface area contributed by atoms with Gasteiger partial charge in [-0.3, -0.25) is 0 Å². The average Bonchev–Trinajstić information content (AvgIpc) is 2.96. The molecule has 1 heterocycles. The molecule has 2 fully saturated rings. The molecule has 1 saturated carbocycles. The fraction of sp³-hybridized carbons (Fsp3) is 0.650. The lowest BCUT2D eigenvalue weighted by molar-refractivity contribution is -0.0349. The molecule has 5 heteroatoms. The maximum absolute atomic E-state index is 13.0. The summed E-state index contributed by atoms with van der Waals surface area (Å²) >= 11 is 0. The molecular weight excluding hydrogens is 321 g/mol. The van der Waals surface area contributed by atoms with E-state index >= 15 is 0 Å². The molecule has 25 heavy (non-hydrogen) atoms. The van der Waals surface area contributed by atoms with Gasteiger partial charge in [-0.05, 0) is 70.7 Å². The van der Waals surface area contributed by atoms with Gasteiger partial charge in [-0.25, -0.2) is 9.18 Å². The molecule has 2 aliphatic rings. The average molecular weight is 349 g/mol. The van der Waals surface area contributed by atoms with Gasteiger partial charge in [-0.15, -0.1) is 0 Å². The molecule has 138 valence electrons. The monoisotopic (exact) mass is 349 g/mol. The standard InChI is InChI=1S/C20H28FNO3/c1-19(2,3)25-18(23)22-13-4-6-17(22)20(11-5-12-20)14-24-16-9-7-15(21)8-10-16/h7-10,17H,4-6,11-14H2,1-3H3. The number of ether oxygens (including phenoxy) is 2. The van der Waals surface area contributed by atoms with Gasteiger partial charge in [0.1, 0.15) is 17.2 Å². The molecule has 4 nitrogen and oxygen atoms in total. The van der Waals surface area contributed by atoms with Crippen LogP contribution in [0.4, 0.5) is 9.18 Å². The molecule has 1 atom stereocenters. The quantitative estimate of drug-likeness (QED) is 0.785. The van der Waals surface area contributed by atoms with E-state index in [-0.39, 0.29) is 23.4 Å². The predicted octanol–water partition coefficient (Wildman–Crippen LogP) is 4.77. The van der Waals surface area contributed by atoms with E-state index in [0.29, 0.717) is 12.4 Å². The number of hydrogen-bond acceptors (Lipinski definition) is 3. The minimum atomic E-state index is -0.485. The van der Waals surface area contributed by atoms with Gasteiger partial charge in [-0.2, -0.15) is 0 Å². The van der Waals surface area contributed by atoms with Crippen molar-refractivity contribution in [2.45, 2.75) is 64.5 Å². The summed E-state index contributed by atoms with van der Waals surface area (Å²) in [4.78, 5) is 14.5. The third-order valence-electron chi connectivity index (χ3n) is 5.28. The molecule has 0 N–H and O–H groups in total. The van der Waals surface area contributed by atoms with E-state index in [9.17, 15) is 9.18 Å². The van der Waals surface area contributed by atoms with E-state index in [0.717, 1.165) is 38.6 Å². The first-order valence-electron chi connectivity index (χ1n) is 9.17. The second-order valence-electron chi connectivity index (χ2n) is 8.29. The SMILES string of the molecule is CC(C)(C)OC(=O)N1CCCC1C1(COc2ccc(F)cc2)CCC1. The van der Waals surface area contributed by atoms with Crippen molar-refractivity contribution in [3.05, 3.63) is 30.1 Å². The highest BCUT2D eigenvalue weighted by molar-refractivity contribution is 5.69. The maximum atomic E-state index is 13.0. The first-order chi connectivity index (χ1) is 11.8. The first kappa shape index (κ1) is 18.0. The maximum Gasteiger partial charge on any atom is 0.410 e. The van der Waals surface area contributed by atoms with E-state index < -0.39 is 5.60 Å². The smallest absolute Gasteiger partial charge is 0.410 e. The Hall–Kier alpha value is -1.78. The second-order valence-corrected chi connectivity index (χ2v) is 8.29. The Bertz CT molecular complexity index is 604. The Morgan fingerprint density at radius 2 is 1.92 bits per heavy atom. The number of halogens is 1. The summed E-state index contributed by atoms with van der Waals surface area (Å²) in [6.45, 7) is 6.99. The number of carbonyl (C=O) groups excluding carboxylic acids is 1. The molecule has 1 aliphatic carbocycles. The molecular formula is C20H28FNO3. The second kappa shape index (κ2) is 6.85. The van der Waals surface area contributed by atoms with E-state index in [1.54, 1.807) is 12.1 Å². The zero-order valence-corrected chi connectivity index (χ0v) is 15.4. The van der Waals surface area contributed by atoms with Crippen LogP contribution in [0.1, 0.15) is 52.9 Å². The normalized spacial score (nSPS) is 22.4. The van der Waals surface area contributed by atoms with Crippen molar-refractivity contribution in [1.82, 2.24) is 4.90 Å². The van der Waals surface area contributed by atoms with Crippen molar-refractivity contribution in [2.75, 3.05) is 13.2 Å². The van der Waals surface area contributed by atoms with Gasteiger partial charge >= 0.3 is 6.09 Å². The number of carbonyl (C=O) groups is 1. The molecule has 1 aromatic rings. The van der Waals surface area contributed by atoms with E-state index in [2.05, 4.69) is 0 Å². The summed E-state index contributed by atoms with van der Waals surface area (Å²) in [7, 11) is 0. The van der Waals surface area contributed by atoms with E-state index in [1.807, 2.05) is 25.7 Å². The van der Waals surface area contributed by atoms with Gasteiger partial charge in [0.05, 0.1) is 6.61 Å². The van der Waals surface area contributed by atoms with Gasteiger partial charge in [0.15, 0.2) is 0 Å². The summed E-state index contributed by atoms with van der Waals surface area (Å²) in [5.41, 5.74) is -0.497. The molecule has 1 amide bonds. The van der Waals surface area contributed by atoms with Crippen LogP contribution in [0.2, 0.25) is 0 Å². The molecule has 1 aliphatic heterocycles. The van der Waals surface area contributed by atoms with Crippen LogP contribution >= 0.6 is 0 Å². The lowest BCUT2D eigenvalue weighted by Gasteiger charge is -2.48. The number of likely N-dealkylation sites (tertiary alicyclic amines) is 1. The molecule has 1 aromatic carbocycles. The number of amides is 1. The van der Waals surface area contributed by atoms with Crippen molar-refractivity contribution in [3.8, 4) is 5.75 Å². The Labute approximate surface area is 149 Å². The van der Waals surface area contributed by atoms with Crippen LogP contribution in [0.5, 0.6) is 5.75 Å². The van der Waals surface area contributed by atoms with Crippen molar-refractivity contribution < 1.29 is 18.7 Å².